The second-order valence-corrected chi connectivity index (χ2v) is 6.98. The van der Waals surface area contributed by atoms with Gasteiger partial charge in [0.25, 0.3) is 0 Å². The highest BCUT2D eigenvalue weighted by atomic mass is 127. The Morgan fingerprint density at radius 2 is 1.63 bits per heavy atom. The van der Waals surface area contributed by atoms with E-state index in [0.29, 0.717) is 0 Å². The van der Waals surface area contributed by atoms with Crippen LogP contribution in [0.3, 0.4) is 0 Å². The SMILES string of the molecule is Cc1cc(C)c(C(O)c2cc(I)ccc2Br)c(C)c1. The molecule has 19 heavy (non-hydrogen) atoms. The number of rotatable bonds is 2. The fourth-order valence-electron chi connectivity index (χ4n) is 2.50. The van der Waals surface area contributed by atoms with Crippen LogP contribution in [-0.2, 0) is 0 Å². The van der Waals surface area contributed by atoms with E-state index in [4.69, 9.17) is 0 Å². The lowest BCUT2D eigenvalue weighted by atomic mass is 9.92. The summed E-state index contributed by atoms with van der Waals surface area (Å²) >= 11 is 5.79. The summed E-state index contributed by atoms with van der Waals surface area (Å²) < 4.78 is 2.07. The van der Waals surface area contributed by atoms with E-state index in [1.54, 1.807) is 0 Å². The summed E-state index contributed by atoms with van der Waals surface area (Å²) in [6.45, 7) is 6.19. The smallest absolute Gasteiger partial charge is 0.106 e. The van der Waals surface area contributed by atoms with E-state index in [1.165, 1.54) is 5.56 Å². The van der Waals surface area contributed by atoms with Crippen molar-refractivity contribution in [2.45, 2.75) is 26.9 Å². The highest BCUT2D eigenvalue weighted by molar-refractivity contribution is 14.1. The zero-order chi connectivity index (χ0) is 14.2. The zero-order valence-electron chi connectivity index (χ0n) is 11.2. The molecule has 0 saturated heterocycles. The van der Waals surface area contributed by atoms with Gasteiger partial charge in [0.1, 0.15) is 6.10 Å². The van der Waals surface area contributed by atoms with E-state index in [-0.39, 0.29) is 0 Å². The molecule has 0 saturated carbocycles. The van der Waals surface area contributed by atoms with Crippen LogP contribution in [0.1, 0.15) is 33.9 Å². The van der Waals surface area contributed by atoms with E-state index < -0.39 is 6.10 Å². The maximum Gasteiger partial charge on any atom is 0.106 e. The summed E-state index contributed by atoms with van der Waals surface area (Å²) in [5, 5.41) is 10.7. The molecule has 2 rings (SSSR count). The molecule has 1 atom stereocenters. The molecule has 0 spiro atoms. The van der Waals surface area contributed by atoms with Gasteiger partial charge in [-0.2, -0.15) is 0 Å². The van der Waals surface area contributed by atoms with Gasteiger partial charge in [0.15, 0.2) is 0 Å². The Bertz CT molecular complexity index is 599. The number of aliphatic hydroxyl groups excluding tert-OH is 1. The van der Waals surface area contributed by atoms with Gasteiger partial charge in [-0.3, -0.25) is 0 Å². The molecule has 0 fully saturated rings. The van der Waals surface area contributed by atoms with Crippen LogP contribution >= 0.6 is 38.5 Å². The molecule has 1 N–H and O–H groups in total. The van der Waals surface area contributed by atoms with Crippen LogP contribution < -0.4 is 0 Å². The van der Waals surface area contributed by atoms with Crippen molar-refractivity contribution in [2.75, 3.05) is 0 Å². The summed E-state index contributed by atoms with van der Waals surface area (Å²) in [6, 6.07) is 10.3. The fraction of sp³-hybridized carbons (Fsp3) is 0.250. The Labute approximate surface area is 136 Å². The van der Waals surface area contributed by atoms with Gasteiger partial charge >= 0.3 is 0 Å². The van der Waals surface area contributed by atoms with Crippen LogP contribution in [0.25, 0.3) is 0 Å². The third kappa shape index (κ3) is 3.20. The Balaban J connectivity index is 2.56. The number of benzene rings is 2. The van der Waals surface area contributed by atoms with Gasteiger partial charge in [0.2, 0.25) is 0 Å². The number of aryl methyl sites for hydroxylation is 3. The van der Waals surface area contributed by atoms with E-state index in [0.717, 1.165) is 30.3 Å². The number of hydrogen-bond donors (Lipinski definition) is 1. The Hall–Kier alpha value is -0.390. The molecular weight excluding hydrogens is 415 g/mol. The Morgan fingerprint density at radius 3 is 2.21 bits per heavy atom. The molecule has 100 valence electrons. The predicted molar refractivity (Wildman–Crippen MR) is 91.6 cm³/mol. The Morgan fingerprint density at radius 1 is 1.05 bits per heavy atom. The van der Waals surface area contributed by atoms with Gasteiger partial charge in [-0.05, 0) is 78.3 Å². The second-order valence-electron chi connectivity index (χ2n) is 4.88. The molecule has 3 heteroatoms. The number of halogens is 2. The van der Waals surface area contributed by atoms with Gasteiger partial charge in [-0.15, -0.1) is 0 Å². The number of aliphatic hydroxyl groups is 1. The van der Waals surface area contributed by atoms with Gasteiger partial charge in [-0.25, -0.2) is 0 Å². The van der Waals surface area contributed by atoms with E-state index in [9.17, 15) is 5.11 Å². The van der Waals surface area contributed by atoms with Crippen molar-refractivity contribution in [3.63, 3.8) is 0 Å². The lowest BCUT2D eigenvalue weighted by Gasteiger charge is -2.19. The standard InChI is InChI=1S/C16H16BrIO/c1-9-6-10(2)15(11(3)7-9)16(19)13-8-12(18)4-5-14(13)17/h4-8,16,19H,1-3H3. The van der Waals surface area contributed by atoms with Gasteiger partial charge in [0, 0.05) is 13.6 Å². The predicted octanol–water partition coefficient (Wildman–Crippen LogP) is 5.06. The zero-order valence-corrected chi connectivity index (χ0v) is 14.9. The first-order valence-electron chi connectivity index (χ1n) is 6.11. The minimum atomic E-state index is -0.593. The largest absolute Gasteiger partial charge is 0.384 e. The monoisotopic (exact) mass is 430 g/mol. The van der Waals surface area contributed by atoms with E-state index in [1.807, 2.05) is 18.2 Å². The van der Waals surface area contributed by atoms with Crippen LogP contribution in [0.15, 0.2) is 34.8 Å². The highest BCUT2D eigenvalue weighted by Crippen LogP contribution is 2.33. The summed E-state index contributed by atoms with van der Waals surface area (Å²) in [5.41, 5.74) is 5.43. The maximum absolute atomic E-state index is 10.7. The summed E-state index contributed by atoms with van der Waals surface area (Å²) in [6.07, 6.45) is -0.593. The van der Waals surface area contributed by atoms with Crippen molar-refractivity contribution >= 4 is 38.5 Å². The average Bonchev–Trinajstić information content (AvgIpc) is 2.30. The third-order valence-electron chi connectivity index (χ3n) is 3.26. The topological polar surface area (TPSA) is 20.2 Å². The molecule has 0 amide bonds. The normalized spacial score (nSPS) is 12.5. The number of hydrogen-bond acceptors (Lipinski definition) is 1. The average molecular weight is 431 g/mol. The molecule has 0 aromatic heterocycles. The maximum atomic E-state index is 10.7. The van der Waals surface area contributed by atoms with Crippen LogP contribution in [0.4, 0.5) is 0 Å². The molecule has 1 nitrogen and oxygen atoms in total. The van der Waals surface area contributed by atoms with Crippen LogP contribution in [-0.4, -0.2) is 5.11 Å². The van der Waals surface area contributed by atoms with E-state index in [2.05, 4.69) is 71.4 Å². The van der Waals surface area contributed by atoms with Gasteiger partial charge in [-0.1, -0.05) is 33.6 Å². The molecule has 0 bridgehead atoms. The molecule has 2 aromatic rings. The van der Waals surface area contributed by atoms with Crippen molar-refractivity contribution in [3.05, 3.63) is 66.2 Å². The van der Waals surface area contributed by atoms with Crippen molar-refractivity contribution in [1.82, 2.24) is 0 Å². The lowest BCUT2D eigenvalue weighted by Crippen LogP contribution is -2.06. The first-order valence-corrected chi connectivity index (χ1v) is 7.98. The third-order valence-corrected chi connectivity index (χ3v) is 4.66. The minimum Gasteiger partial charge on any atom is -0.384 e. The van der Waals surface area contributed by atoms with E-state index >= 15 is 0 Å². The van der Waals surface area contributed by atoms with Gasteiger partial charge in [0.05, 0.1) is 0 Å². The molecule has 0 aliphatic heterocycles. The van der Waals surface area contributed by atoms with Crippen molar-refractivity contribution < 1.29 is 5.11 Å². The first kappa shape index (κ1) is 15.0. The summed E-state index contributed by atoms with van der Waals surface area (Å²) in [5.74, 6) is 0. The molecule has 0 aliphatic carbocycles. The molecular formula is C16H16BrIO. The fourth-order valence-corrected chi connectivity index (χ4v) is 3.48. The summed E-state index contributed by atoms with van der Waals surface area (Å²) in [7, 11) is 0. The van der Waals surface area contributed by atoms with Crippen LogP contribution in [0.2, 0.25) is 0 Å². The molecule has 0 radical (unpaired) electrons. The molecule has 0 heterocycles. The molecule has 0 aliphatic rings. The van der Waals surface area contributed by atoms with Crippen LogP contribution in [0.5, 0.6) is 0 Å². The Kier molecular flexibility index (Phi) is 4.69. The van der Waals surface area contributed by atoms with Crippen molar-refractivity contribution in [2.24, 2.45) is 0 Å². The van der Waals surface area contributed by atoms with Crippen molar-refractivity contribution in [3.8, 4) is 0 Å². The summed E-state index contributed by atoms with van der Waals surface area (Å²) in [4.78, 5) is 0. The van der Waals surface area contributed by atoms with Crippen molar-refractivity contribution in [1.29, 1.82) is 0 Å². The lowest BCUT2D eigenvalue weighted by molar-refractivity contribution is 0.218. The highest BCUT2D eigenvalue weighted by Gasteiger charge is 2.18. The minimum absolute atomic E-state index is 0.593. The second kappa shape index (κ2) is 5.94. The quantitative estimate of drug-likeness (QED) is 0.660. The van der Waals surface area contributed by atoms with Crippen LogP contribution in [0, 0.1) is 24.3 Å². The molecule has 1 unspecified atom stereocenters. The van der Waals surface area contributed by atoms with Gasteiger partial charge < -0.3 is 5.11 Å². The first-order chi connectivity index (χ1) is 8.90. The molecule has 2 aromatic carbocycles.